The molecule has 0 aromatic heterocycles. The largest absolute Gasteiger partial charge is 0.490 e. The van der Waals surface area contributed by atoms with Crippen LogP contribution in [0.1, 0.15) is 12.0 Å². The van der Waals surface area contributed by atoms with Gasteiger partial charge in [-0.05, 0) is 31.6 Å². The van der Waals surface area contributed by atoms with Gasteiger partial charge < -0.3 is 9.47 Å². The summed E-state index contributed by atoms with van der Waals surface area (Å²) in [5, 5.41) is 0. The number of benzene rings is 1. The molecule has 0 N–H and O–H groups in total. The Kier molecular flexibility index (Phi) is 3.73. The van der Waals surface area contributed by atoms with Gasteiger partial charge in [0.15, 0.2) is 12.5 Å². The lowest BCUT2D eigenvalue weighted by Crippen LogP contribution is -2.32. The van der Waals surface area contributed by atoms with Crippen LogP contribution in [0.25, 0.3) is 0 Å². The Morgan fingerprint density at radius 1 is 1.43 bits per heavy atom. The van der Waals surface area contributed by atoms with Gasteiger partial charge in [0.2, 0.25) is 0 Å². The first-order valence-corrected chi connectivity index (χ1v) is 6.81. The second kappa shape index (κ2) is 5.83. The molecule has 0 saturated heterocycles. The Morgan fingerprint density at radius 3 is 2.95 bits per heavy atom. The highest BCUT2D eigenvalue weighted by molar-refractivity contribution is 5.81. The number of carbonyl (C=O) groups is 1. The van der Waals surface area contributed by atoms with Crippen LogP contribution in [0.2, 0.25) is 0 Å². The standard InChI is InChI=1S/C16H16N2O3/c1-12-5-7-13(8-6-12)20-10-14-16(19)18(11-21-14)15-4-2-3-9-17-15/h2,4-9,11,14H,3,10H2,1H3. The van der Waals surface area contributed by atoms with Crippen molar-refractivity contribution in [2.24, 2.45) is 4.99 Å². The SMILES string of the molecule is Cc1ccc(OCC2OC=[N+]([C-]3C=CCC=N3)C2=O)cc1. The molecular formula is C16H16N2O3. The lowest BCUT2D eigenvalue weighted by atomic mass is 10.2. The van der Waals surface area contributed by atoms with Crippen molar-refractivity contribution in [3.63, 3.8) is 0 Å². The molecule has 5 nitrogen and oxygen atoms in total. The second-order valence-electron chi connectivity index (χ2n) is 4.87. The molecule has 0 spiro atoms. The Hall–Kier alpha value is -2.56. The summed E-state index contributed by atoms with van der Waals surface area (Å²) < 4.78 is 12.4. The van der Waals surface area contributed by atoms with Gasteiger partial charge in [0.25, 0.3) is 12.1 Å². The van der Waals surface area contributed by atoms with E-state index in [4.69, 9.17) is 9.47 Å². The van der Waals surface area contributed by atoms with Gasteiger partial charge in [-0.3, -0.25) is 4.79 Å². The zero-order chi connectivity index (χ0) is 14.7. The number of aryl methyl sites for hydroxylation is 1. The quantitative estimate of drug-likeness (QED) is 0.626. The first-order chi connectivity index (χ1) is 10.2. The maximum absolute atomic E-state index is 12.2. The van der Waals surface area contributed by atoms with Gasteiger partial charge in [-0.15, -0.1) is 11.1 Å². The molecule has 108 valence electrons. The van der Waals surface area contributed by atoms with Crippen LogP contribution in [0.4, 0.5) is 0 Å². The number of carbonyl (C=O) groups excluding carboxylic acids is 1. The maximum Gasteiger partial charge on any atom is 0.294 e. The summed E-state index contributed by atoms with van der Waals surface area (Å²) in [4.78, 5) is 16.4. The van der Waals surface area contributed by atoms with Crippen molar-refractivity contribution in [1.29, 1.82) is 0 Å². The van der Waals surface area contributed by atoms with E-state index in [1.54, 1.807) is 12.3 Å². The Morgan fingerprint density at radius 2 is 2.24 bits per heavy atom. The van der Waals surface area contributed by atoms with E-state index >= 15 is 0 Å². The van der Waals surface area contributed by atoms with E-state index in [-0.39, 0.29) is 12.5 Å². The topological polar surface area (TPSA) is 50.9 Å². The molecule has 1 aromatic rings. The van der Waals surface area contributed by atoms with E-state index in [0.29, 0.717) is 6.17 Å². The average Bonchev–Trinajstić information content (AvgIpc) is 2.89. The molecule has 3 rings (SSSR count). The molecule has 0 fully saturated rings. The summed E-state index contributed by atoms with van der Waals surface area (Å²) in [6.07, 6.45) is 7.63. The van der Waals surface area contributed by atoms with E-state index in [9.17, 15) is 4.79 Å². The fourth-order valence-corrected chi connectivity index (χ4v) is 2.05. The van der Waals surface area contributed by atoms with Crippen LogP contribution < -0.4 is 4.74 Å². The summed E-state index contributed by atoms with van der Waals surface area (Å²) in [7, 11) is 0. The van der Waals surface area contributed by atoms with Crippen molar-refractivity contribution in [2.45, 2.75) is 19.4 Å². The third kappa shape index (κ3) is 2.97. The Bertz CT molecular complexity index is 605. The van der Waals surface area contributed by atoms with E-state index < -0.39 is 6.10 Å². The van der Waals surface area contributed by atoms with Gasteiger partial charge >= 0.3 is 0 Å². The molecule has 2 aliphatic rings. The fraction of sp³-hybridized carbons (Fsp3) is 0.250. The number of hydrogen-bond acceptors (Lipinski definition) is 4. The van der Waals surface area contributed by atoms with Gasteiger partial charge in [0.05, 0.1) is 6.21 Å². The summed E-state index contributed by atoms with van der Waals surface area (Å²) >= 11 is 0. The highest BCUT2D eigenvalue weighted by atomic mass is 16.5. The zero-order valence-corrected chi connectivity index (χ0v) is 11.7. The van der Waals surface area contributed by atoms with E-state index in [1.165, 1.54) is 11.0 Å². The van der Waals surface area contributed by atoms with Gasteiger partial charge in [-0.1, -0.05) is 17.7 Å². The molecule has 1 amide bonds. The number of amides is 1. The van der Waals surface area contributed by atoms with Gasteiger partial charge in [-0.25, -0.2) is 4.58 Å². The highest BCUT2D eigenvalue weighted by Crippen LogP contribution is 2.17. The van der Waals surface area contributed by atoms with Crippen LogP contribution in [0.15, 0.2) is 41.4 Å². The summed E-state index contributed by atoms with van der Waals surface area (Å²) in [5.74, 6) is 0.555. The van der Waals surface area contributed by atoms with Crippen LogP contribution in [0.3, 0.4) is 0 Å². The molecule has 21 heavy (non-hydrogen) atoms. The third-order valence-electron chi connectivity index (χ3n) is 3.24. The van der Waals surface area contributed by atoms with Crippen molar-refractivity contribution in [3.05, 3.63) is 48.1 Å². The molecule has 1 atom stereocenters. The van der Waals surface area contributed by atoms with E-state index in [2.05, 4.69) is 4.99 Å². The van der Waals surface area contributed by atoms with Crippen molar-refractivity contribution >= 4 is 18.5 Å². The maximum atomic E-state index is 12.2. The van der Waals surface area contributed by atoms with Crippen LogP contribution in [0, 0.1) is 13.1 Å². The number of aliphatic imine (C=N–C) groups is 1. The number of rotatable bonds is 4. The van der Waals surface area contributed by atoms with Crippen LogP contribution in [-0.2, 0) is 9.53 Å². The second-order valence-corrected chi connectivity index (χ2v) is 4.87. The molecule has 0 radical (unpaired) electrons. The minimum atomic E-state index is -0.635. The Balaban J connectivity index is 1.58. The highest BCUT2D eigenvalue weighted by Gasteiger charge is 2.33. The van der Waals surface area contributed by atoms with Crippen molar-refractivity contribution in [2.75, 3.05) is 6.61 Å². The average molecular weight is 284 g/mol. The number of allylic oxidation sites excluding steroid dienone is 1. The van der Waals surface area contributed by atoms with E-state index in [0.717, 1.165) is 17.7 Å². The van der Waals surface area contributed by atoms with Crippen molar-refractivity contribution in [1.82, 2.24) is 0 Å². The summed E-state index contributed by atoms with van der Waals surface area (Å²) in [6.45, 7) is 2.19. The third-order valence-corrected chi connectivity index (χ3v) is 3.24. The van der Waals surface area contributed by atoms with Crippen molar-refractivity contribution < 1.29 is 18.8 Å². The molecule has 0 saturated carbocycles. The first kappa shape index (κ1) is 13.4. The molecule has 0 bridgehead atoms. The lowest BCUT2D eigenvalue weighted by molar-refractivity contribution is -0.420. The summed E-state index contributed by atoms with van der Waals surface area (Å²) in [6, 6.07) is 7.67. The van der Waals surface area contributed by atoms with Gasteiger partial charge in [-0.2, -0.15) is 0 Å². The predicted octanol–water partition coefficient (Wildman–Crippen LogP) is 1.86. The molecule has 5 heteroatoms. The minimum absolute atomic E-state index is 0.166. The monoisotopic (exact) mass is 284 g/mol. The lowest BCUT2D eigenvalue weighted by Gasteiger charge is -2.13. The zero-order valence-electron chi connectivity index (χ0n) is 11.7. The molecule has 0 aliphatic carbocycles. The van der Waals surface area contributed by atoms with Crippen molar-refractivity contribution in [3.8, 4) is 5.75 Å². The van der Waals surface area contributed by atoms with Crippen LogP contribution in [0.5, 0.6) is 5.75 Å². The fourth-order valence-electron chi connectivity index (χ4n) is 2.05. The van der Waals surface area contributed by atoms with Crippen LogP contribution >= 0.6 is 0 Å². The minimum Gasteiger partial charge on any atom is -0.490 e. The number of hydrogen-bond donors (Lipinski definition) is 0. The number of ether oxygens (including phenoxy) is 2. The molecule has 1 unspecified atom stereocenters. The molecule has 1 aromatic carbocycles. The predicted molar refractivity (Wildman–Crippen MR) is 78.4 cm³/mol. The summed E-state index contributed by atoms with van der Waals surface area (Å²) in [5.41, 5.74) is 1.16. The smallest absolute Gasteiger partial charge is 0.294 e. The van der Waals surface area contributed by atoms with Gasteiger partial charge in [0.1, 0.15) is 12.4 Å². The number of dihydropyridines is 1. The number of nitrogens with zero attached hydrogens (tertiary/aromatic N) is 2. The Labute approximate surface area is 123 Å². The molecular weight excluding hydrogens is 268 g/mol. The van der Waals surface area contributed by atoms with Gasteiger partial charge in [0, 0.05) is 0 Å². The first-order valence-electron chi connectivity index (χ1n) is 6.81. The van der Waals surface area contributed by atoms with E-state index in [1.807, 2.05) is 37.3 Å². The molecule has 2 aliphatic heterocycles. The molecule has 2 heterocycles. The normalized spacial score (nSPS) is 20.4. The van der Waals surface area contributed by atoms with Crippen LogP contribution in [-0.4, -0.2) is 35.8 Å².